The number of carboxylic acid groups (broad SMARTS) is 1. The highest BCUT2D eigenvalue weighted by Crippen LogP contribution is 2.17. The van der Waals surface area contributed by atoms with E-state index in [1.165, 1.54) is 0 Å². The zero-order chi connectivity index (χ0) is 12.3. The van der Waals surface area contributed by atoms with Crippen LogP contribution in [0.5, 0.6) is 0 Å². The Morgan fingerprint density at radius 2 is 2.19 bits per heavy atom. The van der Waals surface area contributed by atoms with E-state index >= 15 is 0 Å². The van der Waals surface area contributed by atoms with Gasteiger partial charge in [0.2, 0.25) is 0 Å². The lowest BCUT2D eigenvalue weighted by Gasteiger charge is -2.23. The summed E-state index contributed by atoms with van der Waals surface area (Å²) >= 11 is 0. The number of sulfone groups is 1. The lowest BCUT2D eigenvalue weighted by Crippen LogP contribution is -2.33. The van der Waals surface area contributed by atoms with Crippen molar-refractivity contribution in [2.45, 2.75) is 19.4 Å². The zero-order valence-electron chi connectivity index (χ0n) is 9.51. The first-order valence-electron chi connectivity index (χ1n) is 5.11. The lowest BCUT2D eigenvalue weighted by molar-refractivity contribution is -0.131. The summed E-state index contributed by atoms with van der Waals surface area (Å²) in [4.78, 5) is 12.3. The van der Waals surface area contributed by atoms with E-state index in [1.54, 1.807) is 6.92 Å². The van der Waals surface area contributed by atoms with Crippen molar-refractivity contribution in [1.29, 1.82) is 0 Å². The Kier molecular flexibility index (Phi) is 4.09. The van der Waals surface area contributed by atoms with E-state index in [4.69, 9.17) is 5.11 Å². The van der Waals surface area contributed by atoms with Crippen LogP contribution in [0.3, 0.4) is 0 Å². The Morgan fingerprint density at radius 3 is 2.62 bits per heavy atom. The first kappa shape index (κ1) is 13.2. The van der Waals surface area contributed by atoms with E-state index in [2.05, 4.69) is 0 Å². The molecule has 0 amide bonds. The second-order valence-electron chi connectivity index (χ2n) is 4.30. The highest BCUT2D eigenvalue weighted by atomic mass is 32.2. The highest BCUT2D eigenvalue weighted by molar-refractivity contribution is 7.91. The Hall–Kier alpha value is -0.880. The summed E-state index contributed by atoms with van der Waals surface area (Å²) in [7, 11) is -1.05. The van der Waals surface area contributed by atoms with Crippen LogP contribution in [0.1, 0.15) is 13.3 Å². The van der Waals surface area contributed by atoms with Crippen LogP contribution in [0.2, 0.25) is 0 Å². The molecule has 0 spiro atoms. The van der Waals surface area contributed by atoms with Crippen LogP contribution in [0, 0.1) is 0 Å². The van der Waals surface area contributed by atoms with Crippen LogP contribution < -0.4 is 0 Å². The molecule has 16 heavy (non-hydrogen) atoms. The van der Waals surface area contributed by atoms with Crippen molar-refractivity contribution in [2.24, 2.45) is 0 Å². The first-order chi connectivity index (χ1) is 7.30. The zero-order valence-corrected chi connectivity index (χ0v) is 10.3. The van der Waals surface area contributed by atoms with Gasteiger partial charge in [-0.1, -0.05) is 5.57 Å². The maximum atomic E-state index is 11.3. The Balaban J connectivity index is 2.54. The average molecular weight is 247 g/mol. The van der Waals surface area contributed by atoms with Crippen molar-refractivity contribution in [1.82, 2.24) is 4.90 Å². The molecule has 0 aromatic carbocycles. The fourth-order valence-electron chi connectivity index (χ4n) is 1.90. The Bertz CT molecular complexity index is 399. The average Bonchev–Trinajstić information content (AvgIpc) is 2.44. The summed E-state index contributed by atoms with van der Waals surface area (Å²) in [5.74, 6) is -0.543. The molecule has 0 aromatic rings. The molecule has 1 saturated heterocycles. The van der Waals surface area contributed by atoms with Crippen molar-refractivity contribution < 1.29 is 18.3 Å². The molecule has 5 nitrogen and oxygen atoms in total. The van der Waals surface area contributed by atoms with Gasteiger partial charge in [-0.25, -0.2) is 13.2 Å². The molecule has 1 fully saturated rings. The second-order valence-corrected chi connectivity index (χ2v) is 6.53. The molecule has 1 rings (SSSR count). The standard InChI is InChI=1S/C10H17NO4S/c1-8(5-10(12)13)6-11(2)9-3-4-16(14,15)7-9/h5,9H,3-4,6-7H2,1-2H3,(H,12,13). The molecular formula is C10H17NO4S. The van der Waals surface area contributed by atoms with Gasteiger partial charge in [0.25, 0.3) is 0 Å². The fraction of sp³-hybridized carbons (Fsp3) is 0.700. The van der Waals surface area contributed by atoms with E-state index in [9.17, 15) is 13.2 Å². The Morgan fingerprint density at radius 1 is 1.56 bits per heavy atom. The molecule has 1 aliphatic heterocycles. The lowest BCUT2D eigenvalue weighted by atomic mass is 10.2. The maximum absolute atomic E-state index is 11.3. The molecule has 1 heterocycles. The quantitative estimate of drug-likeness (QED) is 0.715. The van der Waals surface area contributed by atoms with Gasteiger partial charge < -0.3 is 5.11 Å². The SMILES string of the molecule is CC(=CC(=O)O)CN(C)C1CCS(=O)(=O)C1. The van der Waals surface area contributed by atoms with E-state index < -0.39 is 15.8 Å². The highest BCUT2D eigenvalue weighted by Gasteiger charge is 2.30. The molecule has 1 N–H and O–H groups in total. The molecule has 1 aliphatic rings. The third kappa shape index (κ3) is 3.94. The van der Waals surface area contributed by atoms with Gasteiger partial charge in [-0.15, -0.1) is 0 Å². The topological polar surface area (TPSA) is 74.7 Å². The second kappa shape index (κ2) is 4.97. The molecule has 1 unspecified atom stereocenters. The third-order valence-electron chi connectivity index (χ3n) is 2.70. The normalized spacial score (nSPS) is 24.9. The number of rotatable bonds is 4. The number of likely N-dealkylation sites (N-methyl/N-ethyl adjacent to an activating group) is 1. The van der Waals surface area contributed by atoms with Crippen molar-refractivity contribution in [3.63, 3.8) is 0 Å². The molecular weight excluding hydrogens is 230 g/mol. The van der Waals surface area contributed by atoms with Crippen molar-refractivity contribution in [3.05, 3.63) is 11.6 Å². The number of carboxylic acids is 1. The molecule has 0 radical (unpaired) electrons. The maximum Gasteiger partial charge on any atom is 0.328 e. The van der Waals surface area contributed by atoms with Gasteiger partial charge in [0.05, 0.1) is 11.5 Å². The van der Waals surface area contributed by atoms with E-state index in [0.717, 1.165) is 11.6 Å². The molecule has 92 valence electrons. The molecule has 0 bridgehead atoms. The first-order valence-corrected chi connectivity index (χ1v) is 6.93. The largest absolute Gasteiger partial charge is 0.478 e. The summed E-state index contributed by atoms with van der Waals surface area (Å²) < 4.78 is 22.5. The van der Waals surface area contributed by atoms with E-state index in [0.29, 0.717) is 13.0 Å². The molecule has 0 saturated carbocycles. The van der Waals surface area contributed by atoms with Crippen LogP contribution >= 0.6 is 0 Å². The number of carbonyl (C=O) groups is 1. The minimum absolute atomic E-state index is 0.0159. The van der Waals surface area contributed by atoms with Gasteiger partial charge >= 0.3 is 5.97 Å². The van der Waals surface area contributed by atoms with Gasteiger partial charge in [0.1, 0.15) is 0 Å². The minimum Gasteiger partial charge on any atom is -0.478 e. The van der Waals surface area contributed by atoms with Crippen molar-refractivity contribution in [2.75, 3.05) is 25.1 Å². The number of aliphatic carboxylic acids is 1. The number of hydrogen-bond acceptors (Lipinski definition) is 4. The predicted octanol–water partition coefficient (Wildman–Crippen LogP) is 0.136. The number of nitrogens with zero attached hydrogens (tertiary/aromatic N) is 1. The molecule has 1 atom stereocenters. The molecule has 0 aromatic heterocycles. The van der Waals surface area contributed by atoms with Gasteiger partial charge in [-0.2, -0.15) is 0 Å². The monoisotopic (exact) mass is 247 g/mol. The summed E-state index contributed by atoms with van der Waals surface area (Å²) in [5.41, 5.74) is 0.722. The summed E-state index contributed by atoms with van der Waals surface area (Å²) in [6.07, 6.45) is 1.79. The van der Waals surface area contributed by atoms with Gasteiger partial charge in [-0.05, 0) is 20.4 Å². The Labute approximate surface area is 95.7 Å². The van der Waals surface area contributed by atoms with Crippen molar-refractivity contribution >= 4 is 15.8 Å². The minimum atomic E-state index is -2.88. The van der Waals surface area contributed by atoms with E-state index in [1.807, 2.05) is 11.9 Å². The van der Waals surface area contributed by atoms with Gasteiger partial charge in [0, 0.05) is 18.7 Å². The predicted molar refractivity (Wildman–Crippen MR) is 61.1 cm³/mol. The van der Waals surface area contributed by atoms with Crippen LogP contribution in [0.15, 0.2) is 11.6 Å². The van der Waals surface area contributed by atoms with Crippen LogP contribution in [-0.4, -0.2) is 55.5 Å². The summed E-state index contributed by atoms with van der Waals surface area (Å²) in [6, 6.07) is 0.0159. The third-order valence-corrected chi connectivity index (χ3v) is 4.45. The van der Waals surface area contributed by atoms with Gasteiger partial charge in [0.15, 0.2) is 9.84 Å². The van der Waals surface area contributed by atoms with Crippen LogP contribution in [0.25, 0.3) is 0 Å². The smallest absolute Gasteiger partial charge is 0.328 e. The van der Waals surface area contributed by atoms with Gasteiger partial charge in [-0.3, -0.25) is 4.90 Å². The van der Waals surface area contributed by atoms with Crippen molar-refractivity contribution in [3.8, 4) is 0 Å². The van der Waals surface area contributed by atoms with E-state index in [-0.39, 0.29) is 17.5 Å². The number of hydrogen-bond donors (Lipinski definition) is 1. The molecule has 0 aliphatic carbocycles. The fourth-order valence-corrected chi connectivity index (χ4v) is 3.71. The summed E-state index contributed by atoms with van der Waals surface area (Å²) in [5, 5.41) is 8.55. The summed E-state index contributed by atoms with van der Waals surface area (Å²) in [6.45, 7) is 2.22. The van der Waals surface area contributed by atoms with Crippen LogP contribution in [0.4, 0.5) is 0 Å². The molecule has 6 heteroatoms. The van der Waals surface area contributed by atoms with Crippen LogP contribution in [-0.2, 0) is 14.6 Å².